The molecule has 0 aliphatic carbocycles. The van der Waals surface area contributed by atoms with Crippen LogP contribution in [-0.4, -0.2) is 44.6 Å². The summed E-state index contributed by atoms with van der Waals surface area (Å²) in [7, 11) is 0. The molecule has 496 valence electrons. The van der Waals surface area contributed by atoms with Crippen LogP contribution in [0.1, 0.15) is 439 Å². The van der Waals surface area contributed by atoms with E-state index in [4.69, 9.17) is 24.4 Å². The Kier molecular flexibility index (Phi) is 112. The summed E-state index contributed by atoms with van der Waals surface area (Å²) in [6, 6.07) is 0. The molecule has 0 heterocycles. The van der Waals surface area contributed by atoms with Crippen molar-refractivity contribution < 1.29 is 58.4 Å². The zero-order valence-electron chi connectivity index (χ0n) is 58.6. The maximum absolute atomic E-state index is 5.43. The summed E-state index contributed by atoms with van der Waals surface area (Å²) >= 11 is 19.9. The van der Waals surface area contributed by atoms with Gasteiger partial charge in [-0.3, -0.25) is 0 Å². The second-order valence-electron chi connectivity index (χ2n) is 25.8. The van der Waals surface area contributed by atoms with Crippen LogP contribution in [0.3, 0.4) is 0 Å². The molecule has 0 spiro atoms. The molecule has 2 nitrogen and oxygen atoms in total. The smallest absolute Gasteiger partial charge is 2.00 e. The number of thiocarbonyl (C=S) groups is 2. The Morgan fingerprint density at radius 3 is 0.353 bits per heavy atom. The summed E-state index contributed by atoms with van der Waals surface area (Å²) in [5.41, 5.74) is 0. The minimum absolute atomic E-state index is 0. The van der Waals surface area contributed by atoms with Gasteiger partial charge in [0.05, 0.1) is 0 Å². The molecule has 0 aliphatic heterocycles. The van der Waals surface area contributed by atoms with Crippen molar-refractivity contribution >= 4 is 85.3 Å². The van der Waals surface area contributed by atoms with E-state index in [9.17, 15) is 0 Å². The molecule has 0 unspecified atom stereocenters. The first kappa shape index (κ1) is 102. The molecular weight excluding hydrogens is 1310 g/mol. The van der Waals surface area contributed by atoms with Crippen molar-refractivity contribution in [1.82, 2.24) is 9.80 Å². The SMILES string of the molecule is CCCCCCCCCCCCCCCCCCN(CCCCCCCCCCCCCCCCCC)C(=S)S.CCCCCCCCCCCCCCCCCCN(CCCCCCCCCCCCCCCCCC)C(=S)S.[S-2].[S-2].[Zn+2].[Zn+2].[Zn+2]. The van der Waals surface area contributed by atoms with Crippen LogP contribution in [0.2, 0.25) is 0 Å². The Balaban J connectivity index is -0.000000270. The predicted molar refractivity (Wildman–Crippen MR) is 399 cm³/mol. The van der Waals surface area contributed by atoms with Gasteiger partial charge in [0.15, 0.2) is 0 Å². The van der Waals surface area contributed by atoms with Crippen LogP contribution in [0, 0.1) is 0 Å². The molecule has 0 radical (unpaired) electrons. The van der Waals surface area contributed by atoms with Gasteiger partial charge < -0.3 is 36.8 Å². The van der Waals surface area contributed by atoms with Crippen molar-refractivity contribution in [2.75, 3.05) is 26.2 Å². The van der Waals surface area contributed by atoms with Crippen LogP contribution < -0.4 is 0 Å². The zero-order valence-corrected chi connectivity index (χ0v) is 72.6. The van der Waals surface area contributed by atoms with Crippen LogP contribution in [0.5, 0.6) is 0 Å². The number of hydrogen-bond donors (Lipinski definition) is 2. The molecule has 0 rings (SSSR count). The molecule has 11 heteroatoms. The van der Waals surface area contributed by atoms with E-state index in [2.05, 4.69) is 62.8 Å². The van der Waals surface area contributed by atoms with Crippen LogP contribution >= 0.6 is 49.7 Å². The minimum atomic E-state index is 0. The number of hydrogen-bond acceptors (Lipinski definition) is 2. The van der Waals surface area contributed by atoms with E-state index in [0.29, 0.717) is 0 Å². The van der Waals surface area contributed by atoms with Gasteiger partial charge in [0.25, 0.3) is 0 Å². The van der Waals surface area contributed by atoms with Gasteiger partial charge >= 0.3 is 58.4 Å². The third-order valence-corrected chi connectivity index (χ3v) is 18.7. The van der Waals surface area contributed by atoms with Gasteiger partial charge in [-0.2, -0.15) is 0 Å². The molecule has 0 saturated carbocycles. The van der Waals surface area contributed by atoms with E-state index in [-0.39, 0.29) is 85.4 Å². The quantitative estimate of drug-likeness (QED) is 0.0271. The summed E-state index contributed by atoms with van der Waals surface area (Å²) in [6.07, 6.45) is 91.3. The Morgan fingerprint density at radius 1 is 0.188 bits per heavy atom. The minimum Gasteiger partial charge on any atom is -2.00 e. The van der Waals surface area contributed by atoms with Crippen molar-refractivity contribution in [2.45, 2.75) is 439 Å². The second-order valence-corrected chi connectivity index (χ2v) is 28.0. The summed E-state index contributed by atoms with van der Waals surface area (Å²) in [4.78, 5) is 4.71. The van der Waals surface area contributed by atoms with Crippen molar-refractivity contribution in [2.24, 2.45) is 0 Å². The number of unbranched alkanes of at least 4 members (excludes halogenated alkanes) is 60. The summed E-state index contributed by atoms with van der Waals surface area (Å²) < 4.78 is 1.61. The molecule has 0 aliphatic rings. The van der Waals surface area contributed by atoms with Crippen LogP contribution in [-0.2, 0) is 85.4 Å². The van der Waals surface area contributed by atoms with Gasteiger partial charge in [0.1, 0.15) is 8.64 Å². The maximum atomic E-state index is 5.43. The summed E-state index contributed by atoms with van der Waals surface area (Å²) in [5, 5.41) is 0. The van der Waals surface area contributed by atoms with Crippen molar-refractivity contribution in [3.05, 3.63) is 0 Å². The van der Waals surface area contributed by atoms with Crippen LogP contribution in [0.25, 0.3) is 0 Å². The molecule has 0 saturated heterocycles. The Labute approximate surface area is 612 Å². The fourth-order valence-corrected chi connectivity index (χ4v) is 12.8. The van der Waals surface area contributed by atoms with E-state index in [1.807, 2.05) is 0 Å². The van der Waals surface area contributed by atoms with Gasteiger partial charge in [-0.1, -0.05) is 437 Å². The molecule has 0 aromatic rings. The molecule has 0 N–H and O–H groups in total. The van der Waals surface area contributed by atoms with Crippen LogP contribution in [0.15, 0.2) is 0 Å². The summed E-state index contributed by atoms with van der Waals surface area (Å²) in [6.45, 7) is 13.6. The fraction of sp³-hybridized carbons (Fsp3) is 0.973. The maximum Gasteiger partial charge on any atom is 2.00 e. The first-order valence-electron chi connectivity index (χ1n) is 37.4. The van der Waals surface area contributed by atoms with Crippen molar-refractivity contribution in [3.63, 3.8) is 0 Å². The van der Waals surface area contributed by atoms with E-state index in [0.717, 1.165) is 34.8 Å². The largest absolute Gasteiger partial charge is 2.00 e. The van der Waals surface area contributed by atoms with Gasteiger partial charge in [0, 0.05) is 26.2 Å². The standard InChI is InChI=1S/2C37H75NS2.2S.3Zn/c2*1-3-5-7-9-11-13-15-17-19-21-23-25-27-29-31-33-35-38(37(39)40)36-34-32-30-28-26-24-22-20-18-16-14-12-10-8-6-4-2;;;;;/h2*3-36H2,1-2H3,(H,39,40);;;;;/q;;2*-2;3*+2. The molecule has 0 bridgehead atoms. The van der Waals surface area contributed by atoms with Gasteiger partial charge in [-0.25, -0.2) is 0 Å². The third kappa shape index (κ3) is 91.3. The molecule has 0 fully saturated rings. The number of nitrogens with zero attached hydrogens (tertiary/aromatic N) is 2. The molecule has 0 atom stereocenters. The average molecular weight is 1460 g/mol. The average Bonchev–Trinajstić information content (AvgIpc) is 3.45. The van der Waals surface area contributed by atoms with Gasteiger partial charge in [-0.15, -0.1) is 25.3 Å². The first-order valence-corrected chi connectivity index (χ1v) is 39.1. The summed E-state index contributed by atoms with van der Waals surface area (Å²) in [5.74, 6) is 0. The number of rotatable bonds is 68. The van der Waals surface area contributed by atoms with E-state index in [1.165, 1.54) is 411 Å². The zero-order chi connectivity index (χ0) is 58.4. The molecule has 0 aromatic carbocycles. The molecule has 85 heavy (non-hydrogen) atoms. The van der Waals surface area contributed by atoms with Crippen LogP contribution in [0.4, 0.5) is 0 Å². The van der Waals surface area contributed by atoms with E-state index >= 15 is 0 Å². The number of thiol groups is 2. The third-order valence-electron chi connectivity index (χ3n) is 17.7. The Bertz CT molecular complexity index is 1000. The molecule has 0 amide bonds. The Morgan fingerprint density at radius 2 is 0.271 bits per heavy atom. The predicted octanol–water partition coefficient (Wildman–Crippen LogP) is 28.0. The van der Waals surface area contributed by atoms with E-state index in [1.54, 1.807) is 0 Å². The Hall–Kier alpha value is 3.05. The monoisotopic (exact) mass is 1450 g/mol. The van der Waals surface area contributed by atoms with Gasteiger partial charge in [0.2, 0.25) is 0 Å². The molecular formula is C74H150N2S6Zn3+2. The second kappa shape index (κ2) is 93.5. The van der Waals surface area contributed by atoms with Gasteiger partial charge in [-0.05, 0) is 25.7 Å². The molecule has 0 aromatic heterocycles. The fourth-order valence-electron chi connectivity index (χ4n) is 12.0. The van der Waals surface area contributed by atoms with E-state index < -0.39 is 0 Å². The van der Waals surface area contributed by atoms with Crippen molar-refractivity contribution in [3.8, 4) is 0 Å². The van der Waals surface area contributed by atoms with Crippen molar-refractivity contribution in [1.29, 1.82) is 0 Å². The first-order chi connectivity index (χ1) is 39.4. The normalized spacial score (nSPS) is 10.7. The topological polar surface area (TPSA) is 6.48 Å².